The van der Waals surface area contributed by atoms with Crippen LogP contribution in [0.1, 0.15) is 81.1 Å². The Morgan fingerprint density at radius 2 is 1.24 bits per heavy atom. The van der Waals surface area contributed by atoms with E-state index in [1.807, 2.05) is 0 Å². The summed E-state index contributed by atoms with van der Waals surface area (Å²) >= 11 is 0. The fraction of sp³-hybridized carbons (Fsp3) is 1.00. The molecule has 0 N–H and O–H groups in total. The Balaban J connectivity index is 4.11. The van der Waals surface area contributed by atoms with Crippen LogP contribution >= 0.6 is 0 Å². The molecule has 0 saturated heterocycles. The lowest BCUT2D eigenvalue weighted by atomic mass is 9.73. The van der Waals surface area contributed by atoms with Crippen LogP contribution in [0.25, 0.3) is 0 Å². The highest BCUT2D eigenvalue weighted by Gasteiger charge is 2.25. The van der Waals surface area contributed by atoms with Gasteiger partial charge in [0, 0.05) is 0 Å². The Kier molecular flexibility index (Phi) is 7.44. The molecule has 0 saturated carbocycles. The summed E-state index contributed by atoms with van der Waals surface area (Å²) in [4.78, 5) is 0. The van der Waals surface area contributed by atoms with Crippen molar-refractivity contribution in [2.45, 2.75) is 81.1 Å². The van der Waals surface area contributed by atoms with Crippen molar-refractivity contribution in [3.05, 3.63) is 0 Å². The first-order chi connectivity index (χ1) is 7.66. The normalized spacial score (nSPS) is 18.2. The van der Waals surface area contributed by atoms with Gasteiger partial charge in [-0.15, -0.1) is 0 Å². The second kappa shape index (κ2) is 7.44. The van der Waals surface area contributed by atoms with Crippen molar-refractivity contribution >= 4 is 0 Å². The summed E-state index contributed by atoms with van der Waals surface area (Å²) in [6.45, 7) is 19.1. The smallest absolute Gasteiger partial charge is 0.0354 e. The lowest BCUT2D eigenvalue weighted by molar-refractivity contribution is 0.181. The first kappa shape index (κ1) is 17.0. The molecule has 0 bridgehead atoms. The van der Waals surface area contributed by atoms with E-state index in [0.717, 1.165) is 23.7 Å². The summed E-state index contributed by atoms with van der Waals surface area (Å²) < 4.78 is 0. The van der Waals surface area contributed by atoms with E-state index >= 15 is 0 Å². The van der Waals surface area contributed by atoms with Gasteiger partial charge in [0.15, 0.2) is 0 Å². The molecular weight excluding hydrogens is 204 g/mol. The molecule has 104 valence electrons. The number of hydrogen-bond donors (Lipinski definition) is 0. The molecule has 0 aromatic heterocycles. The third-order valence-corrected chi connectivity index (χ3v) is 4.08. The molecule has 0 radical (unpaired) electrons. The van der Waals surface area contributed by atoms with Crippen LogP contribution in [0.2, 0.25) is 0 Å². The van der Waals surface area contributed by atoms with E-state index in [-0.39, 0.29) is 0 Å². The van der Waals surface area contributed by atoms with E-state index in [0.29, 0.717) is 5.41 Å². The van der Waals surface area contributed by atoms with Crippen molar-refractivity contribution in [1.29, 1.82) is 0 Å². The lowest BCUT2D eigenvalue weighted by Gasteiger charge is -2.33. The highest BCUT2D eigenvalue weighted by Crippen LogP contribution is 2.35. The zero-order chi connectivity index (χ0) is 13.6. The molecule has 0 aliphatic rings. The van der Waals surface area contributed by atoms with Gasteiger partial charge >= 0.3 is 0 Å². The second-order valence-corrected chi connectivity index (χ2v) is 7.78. The molecule has 0 aromatic carbocycles. The molecule has 0 fully saturated rings. The van der Waals surface area contributed by atoms with Crippen LogP contribution in [0.15, 0.2) is 0 Å². The van der Waals surface area contributed by atoms with Gasteiger partial charge < -0.3 is 0 Å². The van der Waals surface area contributed by atoms with Crippen molar-refractivity contribution in [3.63, 3.8) is 0 Å². The molecule has 0 heterocycles. The third-order valence-electron chi connectivity index (χ3n) is 4.08. The van der Waals surface area contributed by atoms with E-state index in [1.54, 1.807) is 0 Å². The van der Waals surface area contributed by atoms with Gasteiger partial charge in [0.1, 0.15) is 0 Å². The summed E-state index contributed by atoms with van der Waals surface area (Å²) in [5, 5.41) is 0. The predicted octanol–water partition coefficient (Wildman–Crippen LogP) is 6.16. The first-order valence-electron chi connectivity index (χ1n) is 7.66. The molecule has 0 nitrogen and oxygen atoms in total. The molecule has 17 heavy (non-hydrogen) atoms. The first-order valence-corrected chi connectivity index (χ1v) is 7.66. The molecule has 0 spiro atoms. The standard InChI is InChI=1S/C17H36/c1-9-16(17(6,7)8)12-15(5)11-14(4)10-13(2)3/h13-16H,9-12H2,1-8H3. The topological polar surface area (TPSA) is 0 Å². The average Bonchev–Trinajstić information content (AvgIpc) is 2.10. The zero-order valence-electron chi connectivity index (χ0n) is 13.6. The highest BCUT2D eigenvalue weighted by molar-refractivity contribution is 4.75. The predicted molar refractivity (Wildman–Crippen MR) is 80.3 cm³/mol. The van der Waals surface area contributed by atoms with Crippen LogP contribution in [0.5, 0.6) is 0 Å². The summed E-state index contributed by atoms with van der Waals surface area (Å²) in [7, 11) is 0. The molecular formula is C17H36. The molecule has 0 aliphatic carbocycles. The minimum absolute atomic E-state index is 0.476. The minimum atomic E-state index is 0.476. The quantitative estimate of drug-likeness (QED) is 0.500. The van der Waals surface area contributed by atoms with Crippen LogP contribution in [0.3, 0.4) is 0 Å². The highest BCUT2D eigenvalue weighted by atomic mass is 14.3. The summed E-state index contributed by atoms with van der Waals surface area (Å²) in [6, 6.07) is 0. The van der Waals surface area contributed by atoms with E-state index in [4.69, 9.17) is 0 Å². The summed E-state index contributed by atoms with van der Waals surface area (Å²) in [5.74, 6) is 3.50. The Morgan fingerprint density at radius 1 is 0.765 bits per heavy atom. The van der Waals surface area contributed by atoms with Crippen LogP contribution < -0.4 is 0 Å². The van der Waals surface area contributed by atoms with Crippen molar-refractivity contribution in [1.82, 2.24) is 0 Å². The van der Waals surface area contributed by atoms with Gasteiger partial charge in [-0.25, -0.2) is 0 Å². The van der Waals surface area contributed by atoms with E-state index in [2.05, 4.69) is 55.4 Å². The van der Waals surface area contributed by atoms with Crippen LogP contribution in [-0.4, -0.2) is 0 Å². The average molecular weight is 240 g/mol. The second-order valence-electron chi connectivity index (χ2n) is 7.78. The minimum Gasteiger partial charge on any atom is -0.0651 e. The summed E-state index contributed by atoms with van der Waals surface area (Å²) in [6.07, 6.45) is 5.52. The maximum Gasteiger partial charge on any atom is -0.0354 e. The van der Waals surface area contributed by atoms with Gasteiger partial charge in [0.25, 0.3) is 0 Å². The van der Waals surface area contributed by atoms with Gasteiger partial charge in [-0.2, -0.15) is 0 Å². The molecule has 0 heteroatoms. The van der Waals surface area contributed by atoms with Crippen molar-refractivity contribution in [3.8, 4) is 0 Å². The van der Waals surface area contributed by atoms with E-state index in [9.17, 15) is 0 Å². The molecule has 0 aromatic rings. The van der Waals surface area contributed by atoms with Crippen LogP contribution in [0, 0.1) is 29.1 Å². The number of hydrogen-bond acceptors (Lipinski definition) is 0. The van der Waals surface area contributed by atoms with Crippen molar-refractivity contribution < 1.29 is 0 Å². The monoisotopic (exact) mass is 240 g/mol. The van der Waals surface area contributed by atoms with Crippen molar-refractivity contribution in [2.75, 3.05) is 0 Å². The summed E-state index contributed by atoms with van der Waals surface area (Å²) in [5.41, 5.74) is 0.476. The number of rotatable bonds is 7. The van der Waals surface area contributed by atoms with Gasteiger partial charge in [0.2, 0.25) is 0 Å². The largest absolute Gasteiger partial charge is 0.0651 e. The Hall–Kier alpha value is 0. The molecule has 0 aliphatic heterocycles. The van der Waals surface area contributed by atoms with Gasteiger partial charge in [-0.1, -0.05) is 61.8 Å². The van der Waals surface area contributed by atoms with Gasteiger partial charge in [-0.3, -0.25) is 0 Å². The maximum absolute atomic E-state index is 2.45. The molecule has 3 atom stereocenters. The molecule has 3 unspecified atom stereocenters. The zero-order valence-corrected chi connectivity index (χ0v) is 13.6. The fourth-order valence-corrected chi connectivity index (χ4v) is 3.30. The van der Waals surface area contributed by atoms with Crippen LogP contribution in [0.4, 0.5) is 0 Å². The third kappa shape index (κ3) is 7.84. The Morgan fingerprint density at radius 3 is 1.59 bits per heavy atom. The van der Waals surface area contributed by atoms with E-state index < -0.39 is 0 Å². The Labute approximate surface area is 111 Å². The van der Waals surface area contributed by atoms with Gasteiger partial charge in [0.05, 0.1) is 0 Å². The maximum atomic E-state index is 2.45. The SMILES string of the molecule is CCC(CC(C)CC(C)CC(C)C)C(C)(C)C. The van der Waals surface area contributed by atoms with Gasteiger partial charge in [-0.05, 0) is 48.3 Å². The Bertz CT molecular complexity index is 185. The fourth-order valence-electron chi connectivity index (χ4n) is 3.30. The molecule has 0 amide bonds. The lowest BCUT2D eigenvalue weighted by Crippen LogP contribution is -2.22. The molecule has 0 rings (SSSR count). The van der Waals surface area contributed by atoms with Crippen molar-refractivity contribution in [2.24, 2.45) is 29.1 Å². The van der Waals surface area contributed by atoms with Crippen LogP contribution in [-0.2, 0) is 0 Å². The van der Waals surface area contributed by atoms with E-state index in [1.165, 1.54) is 25.7 Å².